The van der Waals surface area contributed by atoms with Gasteiger partial charge in [-0.1, -0.05) is 13.0 Å². The maximum atomic E-state index is 11.8. The third kappa shape index (κ3) is 4.70. The normalized spacial score (nSPS) is 12.2. The molecule has 1 N–H and O–H groups in total. The number of benzene rings is 1. The van der Waals surface area contributed by atoms with Crippen molar-refractivity contribution in [3.8, 4) is 0 Å². The summed E-state index contributed by atoms with van der Waals surface area (Å²) in [6, 6.07) is 7.55. The molecule has 0 aromatic heterocycles. The lowest BCUT2D eigenvalue weighted by molar-refractivity contribution is 0.0948. The molecule has 16 heavy (non-hydrogen) atoms. The zero-order valence-electron chi connectivity index (χ0n) is 9.17. The first-order valence-electron chi connectivity index (χ1n) is 5.23. The summed E-state index contributed by atoms with van der Waals surface area (Å²) in [6.07, 6.45) is 0.925. The Morgan fingerprint density at radius 1 is 1.56 bits per heavy atom. The van der Waals surface area contributed by atoms with E-state index in [9.17, 15) is 4.79 Å². The Morgan fingerprint density at radius 3 is 2.94 bits per heavy atom. The fourth-order valence-electron chi connectivity index (χ4n) is 1.29. The average molecular weight is 352 g/mol. The second-order valence-corrected chi connectivity index (χ2v) is 5.43. The highest BCUT2D eigenvalue weighted by Crippen LogP contribution is 2.08. The van der Waals surface area contributed by atoms with Crippen molar-refractivity contribution in [1.29, 1.82) is 0 Å². The Morgan fingerprint density at radius 2 is 2.31 bits per heavy atom. The first-order chi connectivity index (χ1) is 7.63. The highest BCUT2D eigenvalue weighted by molar-refractivity contribution is 14.1. The summed E-state index contributed by atoms with van der Waals surface area (Å²) in [6.45, 7) is 2.76. The predicted molar refractivity (Wildman–Crippen MR) is 76.0 cm³/mol. The summed E-state index contributed by atoms with van der Waals surface area (Å²) >= 11 is 7.83. The van der Waals surface area contributed by atoms with Crippen LogP contribution in [0.3, 0.4) is 0 Å². The zero-order chi connectivity index (χ0) is 12.0. The van der Waals surface area contributed by atoms with Gasteiger partial charge in [-0.3, -0.25) is 4.79 Å². The summed E-state index contributed by atoms with van der Waals surface area (Å²) in [7, 11) is 0. The molecule has 1 rings (SSSR count). The van der Waals surface area contributed by atoms with Crippen LogP contribution in [0.2, 0.25) is 0 Å². The summed E-state index contributed by atoms with van der Waals surface area (Å²) in [5, 5.41) is 2.91. The van der Waals surface area contributed by atoms with Gasteiger partial charge in [0.2, 0.25) is 0 Å². The molecular formula is C12H15ClINO. The summed E-state index contributed by atoms with van der Waals surface area (Å²) in [4.78, 5) is 11.8. The molecule has 0 aliphatic heterocycles. The smallest absolute Gasteiger partial charge is 0.251 e. The molecule has 4 heteroatoms. The van der Waals surface area contributed by atoms with Crippen LogP contribution in [0.4, 0.5) is 0 Å². The molecule has 1 atom stereocenters. The highest BCUT2D eigenvalue weighted by atomic mass is 127. The summed E-state index contributed by atoms with van der Waals surface area (Å²) in [5.74, 6) is 1.05. The summed E-state index contributed by atoms with van der Waals surface area (Å²) in [5.41, 5.74) is 0.713. The van der Waals surface area contributed by atoms with E-state index in [1.165, 1.54) is 0 Å². The molecule has 1 unspecified atom stereocenters. The van der Waals surface area contributed by atoms with Crippen molar-refractivity contribution in [3.05, 3.63) is 33.4 Å². The minimum Gasteiger partial charge on any atom is -0.352 e. The van der Waals surface area contributed by atoms with E-state index in [2.05, 4.69) is 34.8 Å². The first-order valence-corrected chi connectivity index (χ1v) is 6.84. The van der Waals surface area contributed by atoms with Gasteiger partial charge in [0.05, 0.1) is 0 Å². The van der Waals surface area contributed by atoms with Crippen molar-refractivity contribution in [2.45, 2.75) is 13.3 Å². The average Bonchev–Trinajstić information content (AvgIpc) is 2.26. The van der Waals surface area contributed by atoms with Gasteiger partial charge in [-0.15, -0.1) is 11.6 Å². The monoisotopic (exact) mass is 351 g/mol. The number of amides is 1. The van der Waals surface area contributed by atoms with Crippen molar-refractivity contribution in [2.24, 2.45) is 5.92 Å². The zero-order valence-corrected chi connectivity index (χ0v) is 12.1. The molecule has 1 aromatic carbocycles. The molecule has 0 radical (unpaired) electrons. The van der Waals surface area contributed by atoms with Crippen molar-refractivity contribution >= 4 is 40.1 Å². The molecule has 1 amide bonds. The maximum absolute atomic E-state index is 11.8. The number of halogens is 2. The molecule has 0 fully saturated rings. The van der Waals surface area contributed by atoms with Gasteiger partial charge in [0.1, 0.15) is 0 Å². The lowest BCUT2D eigenvalue weighted by Crippen LogP contribution is -2.28. The van der Waals surface area contributed by atoms with E-state index in [4.69, 9.17) is 11.6 Å². The third-order valence-corrected chi connectivity index (χ3v) is 3.19. The molecule has 0 heterocycles. The van der Waals surface area contributed by atoms with Crippen LogP contribution in [-0.2, 0) is 0 Å². The van der Waals surface area contributed by atoms with E-state index >= 15 is 0 Å². The molecule has 0 saturated carbocycles. The van der Waals surface area contributed by atoms with Gasteiger partial charge >= 0.3 is 0 Å². The van der Waals surface area contributed by atoms with E-state index in [-0.39, 0.29) is 5.91 Å². The van der Waals surface area contributed by atoms with Crippen LogP contribution in [0, 0.1) is 9.49 Å². The van der Waals surface area contributed by atoms with Crippen LogP contribution >= 0.6 is 34.2 Å². The fraction of sp³-hybridized carbons (Fsp3) is 0.417. The number of carbonyl (C=O) groups is 1. The van der Waals surface area contributed by atoms with E-state index in [0.717, 1.165) is 9.99 Å². The Bertz CT molecular complexity index is 357. The second-order valence-electron chi connectivity index (χ2n) is 3.80. The number of carbonyl (C=O) groups excluding carboxylic acids is 1. The molecular weight excluding hydrogens is 336 g/mol. The molecule has 2 nitrogen and oxygen atoms in total. The molecule has 0 bridgehead atoms. The van der Waals surface area contributed by atoms with Crippen molar-refractivity contribution < 1.29 is 4.79 Å². The number of hydrogen-bond acceptors (Lipinski definition) is 1. The molecule has 0 aliphatic rings. The third-order valence-electron chi connectivity index (χ3n) is 2.30. The number of rotatable bonds is 5. The Labute approximate surface area is 115 Å². The van der Waals surface area contributed by atoms with Gasteiger partial charge in [-0.2, -0.15) is 0 Å². The summed E-state index contributed by atoms with van der Waals surface area (Å²) < 4.78 is 1.07. The largest absolute Gasteiger partial charge is 0.352 e. The minimum absolute atomic E-state index is 0.0139. The number of alkyl halides is 1. The van der Waals surface area contributed by atoms with E-state index in [1.807, 2.05) is 24.3 Å². The molecule has 0 aliphatic carbocycles. The first kappa shape index (κ1) is 13.8. The van der Waals surface area contributed by atoms with Crippen molar-refractivity contribution in [3.63, 3.8) is 0 Å². The fourth-order valence-corrected chi connectivity index (χ4v) is 2.20. The molecule has 0 spiro atoms. The van der Waals surface area contributed by atoms with Gasteiger partial charge in [0, 0.05) is 21.6 Å². The second kappa shape index (κ2) is 7.12. The Balaban J connectivity index is 2.47. The molecule has 88 valence electrons. The quantitative estimate of drug-likeness (QED) is 0.640. The standard InChI is InChI=1S/C12H15ClINO/c1-9(5-6-13)8-15-12(16)10-3-2-4-11(14)7-10/h2-4,7,9H,5-6,8H2,1H3,(H,15,16). The van der Waals surface area contributed by atoms with Crippen molar-refractivity contribution in [1.82, 2.24) is 5.32 Å². The van der Waals surface area contributed by atoms with Crippen LogP contribution in [0.5, 0.6) is 0 Å². The van der Waals surface area contributed by atoms with Crippen LogP contribution in [0.25, 0.3) is 0 Å². The van der Waals surface area contributed by atoms with Crippen LogP contribution in [-0.4, -0.2) is 18.3 Å². The van der Waals surface area contributed by atoms with Gasteiger partial charge in [0.25, 0.3) is 5.91 Å². The SMILES string of the molecule is CC(CCCl)CNC(=O)c1cccc(I)c1. The van der Waals surface area contributed by atoms with Crippen LogP contribution in [0.1, 0.15) is 23.7 Å². The number of hydrogen-bond donors (Lipinski definition) is 1. The van der Waals surface area contributed by atoms with Crippen LogP contribution in [0.15, 0.2) is 24.3 Å². The van der Waals surface area contributed by atoms with E-state index in [1.54, 1.807) is 0 Å². The van der Waals surface area contributed by atoms with E-state index < -0.39 is 0 Å². The Kier molecular flexibility index (Phi) is 6.13. The molecule has 1 aromatic rings. The Hall–Kier alpha value is -0.290. The van der Waals surface area contributed by atoms with E-state index in [0.29, 0.717) is 23.9 Å². The predicted octanol–water partition coefficient (Wildman–Crippen LogP) is 3.29. The topological polar surface area (TPSA) is 29.1 Å². The van der Waals surface area contributed by atoms with Crippen molar-refractivity contribution in [2.75, 3.05) is 12.4 Å². The minimum atomic E-state index is -0.0139. The van der Waals surface area contributed by atoms with Gasteiger partial charge in [0.15, 0.2) is 0 Å². The maximum Gasteiger partial charge on any atom is 0.251 e. The number of nitrogens with one attached hydrogen (secondary N) is 1. The lowest BCUT2D eigenvalue weighted by Gasteiger charge is -2.11. The van der Waals surface area contributed by atoms with Gasteiger partial charge < -0.3 is 5.32 Å². The van der Waals surface area contributed by atoms with Gasteiger partial charge in [-0.25, -0.2) is 0 Å². The molecule has 0 saturated heterocycles. The highest BCUT2D eigenvalue weighted by Gasteiger charge is 2.07. The van der Waals surface area contributed by atoms with Crippen LogP contribution < -0.4 is 5.32 Å². The lowest BCUT2D eigenvalue weighted by atomic mass is 10.1. The van der Waals surface area contributed by atoms with Gasteiger partial charge in [-0.05, 0) is 53.1 Å².